The Kier molecular flexibility index (Phi) is 4.05. The van der Waals surface area contributed by atoms with Crippen LogP contribution in [0, 0.1) is 0 Å². The van der Waals surface area contributed by atoms with Gasteiger partial charge in [-0.05, 0) is 19.8 Å². The summed E-state index contributed by atoms with van der Waals surface area (Å²) >= 11 is 0. The fourth-order valence-corrected chi connectivity index (χ4v) is 3.27. The fourth-order valence-electron chi connectivity index (χ4n) is 3.27. The lowest BCUT2D eigenvalue weighted by atomic mass is 9.85. The molecule has 1 aliphatic heterocycles. The van der Waals surface area contributed by atoms with E-state index in [9.17, 15) is 4.79 Å². The highest BCUT2D eigenvalue weighted by atomic mass is 16.5. The van der Waals surface area contributed by atoms with E-state index in [1.807, 2.05) is 6.92 Å². The molecule has 2 N–H and O–H groups in total. The molecule has 0 aromatic carbocycles. The van der Waals surface area contributed by atoms with Gasteiger partial charge >= 0.3 is 0 Å². The lowest BCUT2D eigenvalue weighted by Gasteiger charge is -2.28. The summed E-state index contributed by atoms with van der Waals surface area (Å²) in [6.07, 6.45) is 5.97. The maximum absolute atomic E-state index is 12.9. The third kappa shape index (κ3) is 2.71. The van der Waals surface area contributed by atoms with Crippen LogP contribution in [0.2, 0.25) is 0 Å². The van der Waals surface area contributed by atoms with Crippen molar-refractivity contribution < 1.29 is 9.32 Å². The van der Waals surface area contributed by atoms with Crippen LogP contribution in [0.5, 0.6) is 0 Å². The van der Waals surface area contributed by atoms with Crippen molar-refractivity contribution in [2.75, 3.05) is 13.1 Å². The Labute approximate surface area is 140 Å². The minimum absolute atomic E-state index is 0.000504. The summed E-state index contributed by atoms with van der Waals surface area (Å²) in [7, 11) is 0. The minimum Gasteiger partial charge on any atom is -0.348 e. The maximum atomic E-state index is 12.9. The topological polar surface area (TPSA) is 99.9 Å². The van der Waals surface area contributed by atoms with Crippen molar-refractivity contribution in [3.63, 3.8) is 0 Å². The molecule has 1 atom stereocenters. The molecule has 1 fully saturated rings. The highest BCUT2D eigenvalue weighted by Crippen LogP contribution is 2.35. The summed E-state index contributed by atoms with van der Waals surface area (Å²) in [6.45, 7) is 3.67. The smallest absolute Gasteiger partial charge is 0.246 e. The Balaban J connectivity index is 1.47. The first-order valence-electron chi connectivity index (χ1n) is 8.63. The third-order valence-electron chi connectivity index (χ3n) is 4.96. The van der Waals surface area contributed by atoms with E-state index < -0.39 is 6.04 Å². The second-order valence-corrected chi connectivity index (χ2v) is 6.43. The lowest BCUT2D eigenvalue weighted by molar-refractivity contribution is -0.134. The number of H-pyrrole nitrogens is 1. The average molecular weight is 330 g/mol. The van der Waals surface area contributed by atoms with Crippen LogP contribution < -0.4 is 5.32 Å². The van der Waals surface area contributed by atoms with Gasteiger partial charge in [-0.15, -0.1) is 0 Å². The van der Waals surface area contributed by atoms with Crippen molar-refractivity contribution in [1.29, 1.82) is 0 Å². The molecule has 1 saturated carbocycles. The van der Waals surface area contributed by atoms with Gasteiger partial charge in [0.05, 0.1) is 18.6 Å². The summed E-state index contributed by atoms with van der Waals surface area (Å²) in [5, 5.41) is 7.31. The minimum atomic E-state index is -0.405. The number of aromatic nitrogens is 4. The first-order valence-corrected chi connectivity index (χ1v) is 8.63. The molecule has 3 heterocycles. The lowest BCUT2D eigenvalue weighted by Crippen LogP contribution is -2.43. The number of imidazole rings is 1. The van der Waals surface area contributed by atoms with Crippen molar-refractivity contribution >= 4 is 5.91 Å². The largest absolute Gasteiger partial charge is 0.348 e. The number of fused-ring (bicyclic) bond motifs is 1. The van der Waals surface area contributed by atoms with Gasteiger partial charge in [-0.25, -0.2) is 4.98 Å². The van der Waals surface area contributed by atoms with Crippen LogP contribution in [0.1, 0.15) is 61.2 Å². The van der Waals surface area contributed by atoms with Crippen LogP contribution in [-0.4, -0.2) is 44.0 Å². The number of amides is 1. The first-order chi connectivity index (χ1) is 11.8. The first kappa shape index (κ1) is 15.3. The predicted octanol–water partition coefficient (Wildman–Crippen LogP) is 1.30. The van der Waals surface area contributed by atoms with Crippen LogP contribution in [0.25, 0.3) is 0 Å². The molecule has 8 nitrogen and oxygen atoms in total. The summed E-state index contributed by atoms with van der Waals surface area (Å²) in [4.78, 5) is 26.6. The molecule has 1 unspecified atom stereocenters. The summed E-state index contributed by atoms with van der Waals surface area (Å²) in [5.74, 6) is 1.69. The van der Waals surface area contributed by atoms with E-state index in [2.05, 4.69) is 25.4 Å². The monoisotopic (exact) mass is 330 g/mol. The van der Waals surface area contributed by atoms with Gasteiger partial charge in [0.15, 0.2) is 5.82 Å². The fraction of sp³-hybridized carbons (Fsp3) is 0.625. The number of likely N-dealkylation sites (N-methyl/N-ethyl adjacent to an activating group) is 1. The zero-order valence-corrected chi connectivity index (χ0v) is 13.8. The molecule has 0 radical (unpaired) electrons. The van der Waals surface area contributed by atoms with Gasteiger partial charge < -0.3 is 19.7 Å². The van der Waals surface area contributed by atoms with E-state index in [-0.39, 0.29) is 5.91 Å². The van der Waals surface area contributed by atoms with Gasteiger partial charge in [0.1, 0.15) is 6.04 Å². The summed E-state index contributed by atoms with van der Waals surface area (Å²) in [6, 6.07) is -0.405. The Morgan fingerprint density at radius 2 is 2.33 bits per heavy atom. The Bertz CT molecular complexity index is 720. The molecule has 24 heavy (non-hydrogen) atoms. The summed E-state index contributed by atoms with van der Waals surface area (Å²) in [5.41, 5.74) is 1.84. The number of nitrogens with zero attached hydrogens (tertiary/aromatic N) is 4. The molecule has 0 bridgehead atoms. The molecule has 2 aliphatic rings. The van der Waals surface area contributed by atoms with Crippen LogP contribution >= 0.6 is 0 Å². The molecule has 4 rings (SSSR count). The molecule has 0 saturated heterocycles. The van der Waals surface area contributed by atoms with Crippen molar-refractivity contribution in [2.24, 2.45) is 0 Å². The Hall–Kier alpha value is -2.22. The van der Waals surface area contributed by atoms with Crippen LogP contribution in [0.4, 0.5) is 0 Å². The van der Waals surface area contributed by atoms with Gasteiger partial charge in [0.2, 0.25) is 11.8 Å². The number of carbonyl (C=O) groups is 1. The van der Waals surface area contributed by atoms with E-state index in [1.165, 1.54) is 6.42 Å². The van der Waals surface area contributed by atoms with E-state index in [4.69, 9.17) is 4.52 Å². The van der Waals surface area contributed by atoms with Gasteiger partial charge in [0.25, 0.3) is 0 Å². The van der Waals surface area contributed by atoms with E-state index in [1.54, 1.807) is 11.2 Å². The SMILES string of the molecule is CCN(Cc1noc(C2CCC2)n1)C(=O)C1NCCc2[nH]cnc21. The van der Waals surface area contributed by atoms with E-state index >= 15 is 0 Å². The molecular weight excluding hydrogens is 308 g/mol. The number of hydrogen-bond donors (Lipinski definition) is 2. The molecular formula is C16H22N6O2. The third-order valence-corrected chi connectivity index (χ3v) is 4.96. The summed E-state index contributed by atoms with van der Waals surface area (Å²) < 4.78 is 5.35. The van der Waals surface area contributed by atoms with Crippen molar-refractivity contribution in [2.45, 2.75) is 51.1 Å². The maximum Gasteiger partial charge on any atom is 0.246 e. The molecule has 2 aromatic rings. The molecule has 2 aromatic heterocycles. The zero-order chi connectivity index (χ0) is 16.5. The molecule has 1 amide bonds. The molecule has 0 spiro atoms. The van der Waals surface area contributed by atoms with Gasteiger partial charge in [0, 0.05) is 31.1 Å². The second kappa shape index (κ2) is 6.35. The van der Waals surface area contributed by atoms with Crippen molar-refractivity contribution in [1.82, 2.24) is 30.3 Å². The molecule has 128 valence electrons. The standard InChI is InChI=1S/C16H22N6O2/c1-2-22(8-12-20-15(24-21-12)10-4-3-5-10)16(23)14-13-11(6-7-17-14)18-9-19-13/h9-10,14,17H,2-8H2,1H3,(H,18,19). The number of hydrogen-bond acceptors (Lipinski definition) is 6. The molecule has 1 aliphatic carbocycles. The van der Waals surface area contributed by atoms with Gasteiger partial charge in [-0.2, -0.15) is 4.98 Å². The van der Waals surface area contributed by atoms with Crippen molar-refractivity contribution in [3.05, 3.63) is 29.4 Å². The Morgan fingerprint density at radius 1 is 1.46 bits per heavy atom. The van der Waals surface area contributed by atoms with E-state index in [0.29, 0.717) is 30.7 Å². The second-order valence-electron chi connectivity index (χ2n) is 6.43. The zero-order valence-electron chi connectivity index (χ0n) is 13.8. The van der Waals surface area contributed by atoms with Crippen LogP contribution in [-0.2, 0) is 17.8 Å². The average Bonchev–Trinajstić information content (AvgIpc) is 3.19. The number of nitrogens with one attached hydrogen (secondary N) is 2. The van der Waals surface area contributed by atoms with Gasteiger partial charge in [-0.3, -0.25) is 4.79 Å². The van der Waals surface area contributed by atoms with E-state index in [0.717, 1.165) is 37.2 Å². The predicted molar refractivity (Wildman–Crippen MR) is 85.0 cm³/mol. The van der Waals surface area contributed by atoms with Crippen molar-refractivity contribution in [3.8, 4) is 0 Å². The highest BCUT2D eigenvalue weighted by molar-refractivity contribution is 5.83. The van der Waals surface area contributed by atoms with Crippen LogP contribution in [0.15, 0.2) is 10.9 Å². The molecule has 8 heteroatoms. The number of rotatable bonds is 5. The highest BCUT2D eigenvalue weighted by Gasteiger charge is 2.32. The van der Waals surface area contributed by atoms with Gasteiger partial charge in [-0.1, -0.05) is 11.6 Å². The number of aromatic amines is 1. The Morgan fingerprint density at radius 3 is 3.08 bits per heavy atom. The quantitative estimate of drug-likeness (QED) is 0.857. The normalized spacial score (nSPS) is 20.5. The van der Waals surface area contributed by atoms with Crippen LogP contribution in [0.3, 0.4) is 0 Å². The number of carbonyl (C=O) groups excluding carboxylic acids is 1.